The van der Waals surface area contributed by atoms with Gasteiger partial charge in [-0.1, -0.05) is 51.8 Å². The molecule has 84 valence electrons. The topological polar surface area (TPSA) is 0 Å². The molecule has 0 aliphatic carbocycles. The number of fused-ring (bicyclic) bond motifs is 1. The molecule has 2 aromatic carbocycles. The zero-order valence-electron chi connectivity index (χ0n) is 8.78. The lowest BCUT2D eigenvalue weighted by molar-refractivity contribution is 1.63. The molecule has 0 saturated heterocycles. The third-order valence-electron chi connectivity index (χ3n) is 2.70. The van der Waals surface area contributed by atoms with Crippen LogP contribution >= 0.6 is 38.9 Å². The zero-order chi connectivity index (χ0) is 11.8. The number of benzene rings is 2. The Bertz CT molecular complexity index is 688. The summed E-state index contributed by atoms with van der Waals surface area (Å²) in [5, 5.41) is 4.24. The van der Waals surface area contributed by atoms with Gasteiger partial charge in [0.2, 0.25) is 0 Å². The van der Waals surface area contributed by atoms with Crippen LogP contribution in [0.25, 0.3) is 21.2 Å². The van der Waals surface area contributed by atoms with Crippen LogP contribution in [0.5, 0.6) is 0 Å². The van der Waals surface area contributed by atoms with Gasteiger partial charge in [-0.25, -0.2) is 0 Å². The molecule has 0 aliphatic rings. The van der Waals surface area contributed by atoms with Crippen LogP contribution in [-0.2, 0) is 0 Å². The van der Waals surface area contributed by atoms with E-state index in [9.17, 15) is 0 Å². The summed E-state index contributed by atoms with van der Waals surface area (Å²) in [5.74, 6) is 0. The number of hydrogen-bond donors (Lipinski definition) is 0. The summed E-state index contributed by atoms with van der Waals surface area (Å²) < 4.78 is 2.35. The van der Waals surface area contributed by atoms with Crippen molar-refractivity contribution < 1.29 is 0 Å². The van der Waals surface area contributed by atoms with Crippen molar-refractivity contribution in [2.24, 2.45) is 0 Å². The second-order valence-electron chi connectivity index (χ2n) is 3.77. The van der Waals surface area contributed by atoms with Crippen LogP contribution in [0.4, 0.5) is 0 Å². The lowest BCUT2D eigenvalue weighted by Crippen LogP contribution is -1.78. The van der Waals surface area contributed by atoms with Crippen LogP contribution in [0.15, 0.2) is 52.3 Å². The Balaban J connectivity index is 2.27. The van der Waals surface area contributed by atoms with Crippen LogP contribution < -0.4 is 0 Å². The summed E-state index contributed by atoms with van der Waals surface area (Å²) in [6.07, 6.45) is 0. The number of hydrogen-bond acceptors (Lipinski definition) is 1. The van der Waals surface area contributed by atoms with E-state index in [1.165, 1.54) is 21.2 Å². The van der Waals surface area contributed by atoms with E-state index >= 15 is 0 Å². The first-order valence-corrected chi connectivity index (χ1v) is 7.22. The van der Waals surface area contributed by atoms with Crippen LogP contribution in [-0.4, -0.2) is 0 Å². The molecule has 0 N–H and O–H groups in total. The van der Waals surface area contributed by atoms with E-state index in [-0.39, 0.29) is 0 Å². The molecule has 0 atom stereocenters. The summed E-state index contributed by atoms with van der Waals surface area (Å²) in [5.41, 5.74) is 2.45. The molecule has 17 heavy (non-hydrogen) atoms. The second-order valence-corrected chi connectivity index (χ2v) is 5.97. The fraction of sp³-hybridized carbons (Fsp3) is 0. The van der Waals surface area contributed by atoms with Gasteiger partial charge >= 0.3 is 0 Å². The molecule has 1 heterocycles. The summed E-state index contributed by atoms with van der Waals surface area (Å²) >= 11 is 11.3. The number of halogens is 2. The van der Waals surface area contributed by atoms with Crippen molar-refractivity contribution >= 4 is 49.0 Å². The van der Waals surface area contributed by atoms with Crippen molar-refractivity contribution in [2.75, 3.05) is 0 Å². The van der Waals surface area contributed by atoms with Crippen LogP contribution in [0.2, 0.25) is 5.02 Å². The molecule has 3 aromatic rings. The van der Waals surface area contributed by atoms with E-state index < -0.39 is 0 Å². The van der Waals surface area contributed by atoms with Crippen molar-refractivity contribution in [3.8, 4) is 11.1 Å². The second kappa shape index (κ2) is 4.45. The molecule has 0 amide bonds. The van der Waals surface area contributed by atoms with Crippen molar-refractivity contribution in [3.63, 3.8) is 0 Å². The molecule has 0 bridgehead atoms. The largest absolute Gasteiger partial charge is 0.143 e. The third kappa shape index (κ3) is 2.01. The van der Waals surface area contributed by atoms with Gasteiger partial charge in [0.25, 0.3) is 0 Å². The van der Waals surface area contributed by atoms with Crippen molar-refractivity contribution in [1.82, 2.24) is 0 Å². The molecule has 0 saturated carbocycles. The highest BCUT2D eigenvalue weighted by molar-refractivity contribution is 9.10. The van der Waals surface area contributed by atoms with E-state index in [1.54, 1.807) is 11.3 Å². The highest BCUT2D eigenvalue weighted by Crippen LogP contribution is 2.38. The van der Waals surface area contributed by atoms with E-state index in [2.05, 4.69) is 51.6 Å². The first-order valence-electron chi connectivity index (χ1n) is 5.17. The highest BCUT2D eigenvalue weighted by atomic mass is 79.9. The Morgan fingerprint density at radius 2 is 1.82 bits per heavy atom. The first kappa shape index (κ1) is 11.3. The van der Waals surface area contributed by atoms with Crippen molar-refractivity contribution in [3.05, 3.63) is 57.3 Å². The minimum absolute atomic E-state index is 0.750. The van der Waals surface area contributed by atoms with E-state index in [0.29, 0.717) is 0 Å². The van der Waals surface area contributed by atoms with Gasteiger partial charge in [-0.3, -0.25) is 0 Å². The molecular weight excluding hydrogens is 316 g/mol. The normalized spacial score (nSPS) is 10.9. The monoisotopic (exact) mass is 322 g/mol. The molecule has 0 unspecified atom stereocenters. The Labute approximate surface area is 117 Å². The highest BCUT2D eigenvalue weighted by Gasteiger charge is 2.09. The lowest BCUT2D eigenvalue weighted by Gasteiger charge is -2.03. The lowest BCUT2D eigenvalue weighted by atomic mass is 10.1. The number of thiophene rings is 1. The van der Waals surface area contributed by atoms with E-state index in [0.717, 1.165) is 9.50 Å². The van der Waals surface area contributed by atoms with Gasteiger partial charge in [0.05, 0.1) is 0 Å². The Hall–Kier alpha value is -0.830. The van der Waals surface area contributed by atoms with Gasteiger partial charge < -0.3 is 0 Å². The Morgan fingerprint density at radius 3 is 2.65 bits per heavy atom. The maximum Gasteiger partial charge on any atom is 0.0417 e. The molecule has 3 heteroatoms. The van der Waals surface area contributed by atoms with Gasteiger partial charge in [-0.15, -0.1) is 11.3 Å². The van der Waals surface area contributed by atoms with E-state index in [1.807, 2.05) is 12.1 Å². The molecule has 0 radical (unpaired) electrons. The quantitative estimate of drug-likeness (QED) is 0.516. The fourth-order valence-electron chi connectivity index (χ4n) is 1.89. The molecule has 1 aromatic heterocycles. The van der Waals surface area contributed by atoms with Crippen LogP contribution in [0.3, 0.4) is 0 Å². The first-order chi connectivity index (χ1) is 8.25. The summed E-state index contributed by atoms with van der Waals surface area (Å²) in [4.78, 5) is 0. The van der Waals surface area contributed by atoms with Crippen molar-refractivity contribution in [2.45, 2.75) is 0 Å². The number of rotatable bonds is 1. The van der Waals surface area contributed by atoms with Gasteiger partial charge in [0, 0.05) is 25.1 Å². The minimum Gasteiger partial charge on any atom is -0.143 e. The Morgan fingerprint density at radius 1 is 1.00 bits per heavy atom. The van der Waals surface area contributed by atoms with E-state index in [4.69, 9.17) is 11.6 Å². The zero-order valence-corrected chi connectivity index (χ0v) is 11.9. The standard InChI is InChI=1S/C14H8BrClS/c15-13-7-9(16)5-6-10(13)12-8-17-14-4-2-1-3-11(12)14/h1-8H. The molecule has 3 rings (SSSR count). The molecule has 0 spiro atoms. The van der Waals surface area contributed by atoms with Gasteiger partial charge in [-0.05, 0) is 29.1 Å². The fourth-order valence-corrected chi connectivity index (χ4v) is 3.75. The maximum atomic E-state index is 5.97. The Kier molecular flexibility index (Phi) is 2.95. The minimum atomic E-state index is 0.750. The maximum absolute atomic E-state index is 5.97. The molecule has 0 aliphatic heterocycles. The average Bonchev–Trinajstić information content (AvgIpc) is 2.73. The smallest absolute Gasteiger partial charge is 0.0417 e. The molecule has 0 nitrogen and oxygen atoms in total. The summed E-state index contributed by atoms with van der Waals surface area (Å²) in [7, 11) is 0. The SMILES string of the molecule is Clc1ccc(-c2csc3ccccc23)c(Br)c1. The molecule has 0 fully saturated rings. The predicted octanol–water partition coefficient (Wildman–Crippen LogP) is 5.98. The molecular formula is C14H8BrClS. The summed E-state index contributed by atoms with van der Waals surface area (Å²) in [6.45, 7) is 0. The average molecular weight is 324 g/mol. The van der Waals surface area contributed by atoms with Gasteiger partial charge in [0.1, 0.15) is 0 Å². The summed E-state index contributed by atoms with van der Waals surface area (Å²) in [6, 6.07) is 14.4. The van der Waals surface area contributed by atoms with Gasteiger partial charge in [-0.2, -0.15) is 0 Å². The van der Waals surface area contributed by atoms with Crippen molar-refractivity contribution in [1.29, 1.82) is 0 Å². The van der Waals surface area contributed by atoms with Crippen LogP contribution in [0.1, 0.15) is 0 Å². The van der Waals surface area contributed by atoms with Crippen LogP contribution in [0, 0.1) is 0 Å². The van der Waals surface area contributed by atoms with Gasteiger partial charge in [0.15, 0.2) is 0 Å². The predicted molar refractivity (Wildman–Crippen MR) is 80.0 cm³/mol. The third-order valence-corrected chi connectivity index (χ3v) is 4.56.